The van der Waals surface area contributed by atoms with Gasteiger partial charge in [-0.1, -0.05) is 25.1 Å². The average molecular weight is 301 g/mol. The first-order chi connectivity index (χ1) is 10.7. The summed E-state index contributed by atoms with van der Waals surface area (Å²) in [6.07, 6.45) is 1.85. The van der Waals surface area contributed by atoms with Crippen molar-refractivity contribution in [3.8, 4) is 0 Å². The van der Waals surface area contributed by atoms with Crippen molar-refractivity contribution in [3.63, 3.8) is 0 Å². The minimum atomic E-state index is 0.313. The first-order valence-corrected chi connectivity index (χ1v) is 7.88. The van der Waals surface area contributed by atoms with E-state index in [2.05, 4.69) is 44.8 Å². The largest absolute Gasteiger partial charge is 0.338 e. The van der Waals surface area contributed by atoms with Crippen LogP contribution in [-0.4, -0.2) is 51.1 Å². The lowest BCUT2D eigenvalue weighted by Gasteiger charge is -2.33. The summed E-state index contributed by atoms with van der Waals surface area (Å²) in [4.78, 5) is 13.6. The lowest BCUT2D eigenvalue weighted by Crippen LogP contribution is -2.45. The van der Waals surface area contributed by atoms with Crippen molar-refractivity contribution in [1.29, 1.82) is 0 Å². The van der Waals surface area contributed by atoms with Crippen molar-refractivity contribution in [3.05, 3.63) is 41.8 Å². The third kappa shape index (κ3) is 3.90. The summed E-state index contributed by atoms with van der Waals surface area (Å²) < 4.78 is 5.32. The Morgan fingerprint density at radius 1 is 1.09 bits per heavy atom. The Bertz CT molecular complexity index is 575. The smallest absolute Gasteiger partial charge is 0.240 e. The second kappa shape index (κ2) is 6.98. The van der Waals surface area contributed by atoms with Crippen LogP contribution in [-0.2, 0) is 13.1 Å². The normalized spacial score (nSPS) is 17.2. The van der Waals surface area contributed by atoms with E-state index in [0.717, 1.165) is 56.7 Å². The number of rotatable bonds is 5. The summed E-state index contributed by atoms with van der Waals surface area (Å²) in [5.41, 5.74) is 1.13. The maximum Gasteiger partial charge on any atom is 0.240 e. The second-order valence-electron chi connectivity index (χ2n) is 6.07. The lowest BCUT2D eigenvalue weighted by molar-refractivity contribution is 0.111. The number of nitrogens with zero attached hydrogens (tertiary/aromatic N) is 5. The van der Waals surface area contributed by atoms with Gasteiger partial charge in [0.15, 0.2) is 5.82 Å². The molecule has 0 amide bonds. The standard InChI is InChI=1S/C16H23N5O/c1-13(2)16-18-15(22-19-16)12-21-9-7-20(8-10-21)11-14-5-3-4-6-17-14/h3-6,13H,7-12H2,1-2H3. The van der Waals surface area contributed by atoms with Crippen LogP contribution in [0.15, 0.2) is 28.9 Å². The molecule has 0 radical (unpaired) electrons. The quantitative estimate of drug-likeness (QED) is 0.841. The molecule has 1 aliphatic heterocycles. The fourth-order valence-electron chi connectivity index (χ4n) is 2.58. The van der Waals surface area contributed by atoms with Gasteiger partial charge in [0, 0.05) is 44.8 Å². The van der Waals surface area contributed by atoms with Gasteiger partial charge in [0.2, 0.25) is 5.89 Å². The van der Waals surface area contributed by atoms with Crippen LogP contribution < -0.4 is 0 Å². The zero-order valence-corrected chi connectivity index (χ0v) is 13.3. The summed E-state index contributed by atoms with van der Waals surface area (Å²) in [7, 11) is 0. The van der Waals surface area contributed by atoms with Gasteiger partial charge in [-0.25, -0.2) is 0 Å². The molecule has 0 aliphatic carbocycles. The summed E-state index contributed by atoms with van der Waals surface area (Å²) >= 11 is 0. The Balaban J connectivity index is 1.47. The zero-order valence-electron chi connectivity index (χ0n) is 13.3. The molecule has 1 saturated heterocycles. The molecule has 1 aliphatic rings. The Morgan fingerprint density at radius 2 is 1.82 bits per heavy atom. The number of piperazine rings is 1. The van der Waals surface area contributed by atoms with Crippen LogP contribution in [0.5, 0.6) is 0 Å². The maximum absolute atomic E-state index is 5.32. The van der Waals surface area contributed by atoms with Gasteiger partial charge >= 0.3 is 0 Å². The highest BCUT2D eigenvalue weighted by molar-refractivity contribution is 5.03. The van der Waals surface area contributed by atoms with Crippen LogP contribution in [0.4, 0.5) is 0 Å². The van der Waals surface area contributed by atoms with Gasteiger partial charge in [0.05, 0.1) is 12.2 Å². The monoisotopic (exact) mass is 301 g/mol. The number of hydrogen-bond acceptors (Lipinski definition) is 6. The van der Waals surface area contributed by atoms with Crippen LogP contribution in [0, 0.1) is 0 Å². The first kappa shape index (κ1) is 15.1. The first-order valence-electron chi connectivity index (χ1n) is 7.88. The summed E-state index contributed by atoms with van der Waals surface area (Å²) in [6, 6.07) is 6.08. The SMILES string of the molecule is CC(C)c1noc(CN2CCN(Cc3ccccn3)CC2)n1. The molecular formula is C16H23N5O. The molecule has 0 saturated carbocycles. The molecule has 0 N–H and O–H groups in total. The van der Waals surface area contributed by atoms with Crippen molar-refractivity contribution >= 4 is 0 Å². The molecule has 0 spiro atoms. The minimum Gasteiger partial charge on any atom is -0.338 e. The highest BCUT2D eigenvalue weighted by atomic mass is 16.5. The van der Waals surface area contributed by atoms with Gasteiger partial charge in [-0.2, -0.15) is 4.98 Å². The molecule has 3 heterocycles. The molecule has 3 rings (SSSR count). The van der Waals surface area contributed by atoms with E-state index in [9.17, 15) is 0 Å². The lowest BCUT2D eigenvalue weighted by atomic mass is 10.2. The number of hydrogen-bond donors (Lipinski definition) is 0. The third-order valence-corrected chi connectivity index (χ3v) is 3.94. The fourth-order valence-corrected chi connectivity index (χ4v) is 2.58. The van der Waals surface area contributed by atoms with E-state index < -0.39 is 0 Å². The highest BCUT2D eigenvalue weighted by Crippen LogP contribution is 2.13. The average Bonchev–Trinajstić information content (AvgIpc) is 2.99. The van der Waals surface area contributed by atoms with Crippen LogP contribution in [0.2, 0.25) is 0 Å². The molecule has 6 nitrogen and oxygen atoms in total. The van der Waals surface area contributed by atoms with Crippen molar-refractivity contribution in [2.45, 2.75) is 32.9 Å². The third-order valence-electron chi connectivity index (χ3n) is 3.94. The number of aromatic nitrogens is 3. The van der Waals surface area contributed by atoms with E-state index in [1.54, 1.807) is 0 Å². The molecule has 0 atom stereocenters. The van der Waals surface area contributed by atoms with E-state index in [1.807, 2.05) is 18.3 Å². The highest BCUT2D eigenvalue weighted by Gasteiger charge is 2.19. The summed E-state index contributed by atoms with van der Waals surface area (Å²) in [6.45, 7) is 9.95. The fraction of sp³-hybridized carbons (Fsp3) is 0.562. The molecule has 118 valence electrons. The molecule has 1 fully saturated rings. The molecule has 2 aromatic heterocycles. The van der Waals surface area contributed by atoms with Crippen molar-refractivity contribution < 1.29 is 4.52 Å². The van der Waals surface area contributed by atoms with Gasteiger partial charge in [0.1, 0.15) is 0 Å². The van der Waals surface area contributed by atoms with E-state index in [0.29, 0.717) is 5.92 Å². The van der Waals surface area contributed by atoms with E-state index in [4.69, 9.17) is 4.52 Å². The van der Waals surface area contributed by atoms with E-state index in [-0.39, 0.29) is 0 Å². The number of pyridine rings is 1. The minimum absolute atomic E-state index is 0.313. The van der Waals surface area contributed by atoms with Crippen LogP contribution in [0.1, 0.15) is 37.2 Å². The molecule has 0 bridgehead atoms. The van der Waals surface area contributed by atoms with Gasteiger partial charge < -0.3 is 4.52 Å². The van der Waals surface area contributed by atoms with E-state index in [1.165, 1.54) is 0 Å². The Hall–Kier alpha value is -1.79. The molecule has 2 aromatic rings. The Labute approximate surface area is 131 Å². The molecule has 0 aromatic carbocycles. The van der Waals surface area contributed by atoms with Crippen molar-refractivity contribution in [2.75, 3.05) is 26.2 Å². The summed E-state index contributed by atoms with van der Waals surface area (Å²) in [5.74, 6) is 1.83. The predicted molar refractivity (Wildman–Crippen MR) is 83.2 cm³/mol. The zero-order chi connectivity index (χ0) is 15.4. The van der Waals surface area contributed by atoms with Crippen LogP contribution >= 0.6 is 0 Å². The van der Waals surface area contributed by atoms with Gasteiger partial charge in [0.25, 0.3) is 0 Å². The van der Waals surface area contributed by atoms with Crippen LogP contribution in [0.3, 0.4) is 0 Å². The summed E-state index contributed by atoms with van der Waals surface area (Å²) in [5, 5.41) is 4.02. The Kier molecular flexibility index (Phi) is 4.80. The molecule has 22 heavy (non-hydrogen) atoms. The van der Waals surface area contributed by atoms with Crippen molar-refractivity contribution in [1.82, 2.24) is 24.9 Å². The molecule has 6 heteroatoms. The predicted octanol–water partition coefficient (Wildman–Crippen LogP) is 1.91. The van der Waals surface area contributed by atoms with E-state index >= 15 is 0 Å². The molecular weight excluding hydrogens is 278 g/mol. The van der Waals surface area contributed by atoms with Gasteiger partial charge in [-0.3, -0.25) is 14.8 Å². The van der Waals surface area contributed by atoms with Gasteiger partial charge in [-0.15, -0.1) is 0 Å². The maximum atomic E-state index is 5.32. The topological polar surface area (TPSA) is 58.3 Å². The molecule has 0 unspecified atom stereocenters. The second-order valence-corrected chi connectivity index (χ2v) is 6.07. The van der Waals surface area contributed by atoms with Crippen molar-refractivity contribution in [2.24, 2.45) is 0 Å². The van der Waals surface area contributed by atoms with Gasteiger partial charge in [-0.05, 0) is 12.1 Å². The Morgan fingerprint density at radius 3 is 2.41 bits per heavy atom. The van der Waals surface area contributed by atoms with Crippen LogP contribution in [0.25, 0.3) is 0 Å².